The summed E-state index contributed by atoms with van der Waals surface area (Å²) in [7, 11) is 0. The summed E-state index contributed by atoms with van der Waals surface area (Å²) >= 11 is 5.95. The first kappa shape index (κ1) is 9.85. The van der Waals surface area contributed by atoms with Gasteiger partial charge in [-0.1, -0.05) is 11.6 Å². The molecule has 0 atom stereocenters. The number of hydrogen-bond donors (Lipinski definition) is 1. The van der Waals surface area contributed by atoms with Crippen LogP contribution in [0.3, 0.4) is 0 Å². The Morgan fingerprint density at radius 1 is 1.53 bits per heavy atom. The highest BCUT2D eigenvalue weighted by Gasteiger charge is 2.07. The number of halogens is 1. The lowest BCUT2D eigenvalue weighted by molar-refractivity contribution is 0.838. The maximum absolute atomic E-state index is 5.95. The first-order valence-electron chi connectivity index (χ1n) is 4.42. The Morgan fingerprint density at radius 3 is 3.07 bits per heavy atom. The van der Waals surface area contributed by atoms with E-state index in [1.807, 2.05) is 6.92 Å². The van der Waals surface area contributed by atoms with Crippen LogP contribution in [-0.4, -0.2) is 31.3 Å². The smallest absolute Gasteiger partial charge is 0.224 e. The minimum Gasteiger partial charge on any atom is -0.354 e. The summed E-state index contributed by atoms with van der Waals surface area (Å²) in [4.78, 5) is 12.1. The summed E-state index contributed by atoms with van der Waals surface area (Å²) < 4.78 is 1.49. The quantitative estimate of drug-likeness (QED) is 0.847. The Kier molecular flexibility index (Phi) is 2.77. The molecule has 6 nitrogen and oxygen atoms in total. The average molecular weight is 225 g/mol. The Balaban J connectivity index is 2.41. The lowest BCUT2D eigenvalue weighted by Crippen LogP contribution is -2.06. The standard InChI is InChI=1S/C8H9ClN6/c1-2-11-8-12-3-6(9)7(14-8)15-5-10-4-13-15/h3-5H,2H2,1H3,(H,11,12,14). The highest BCUT2D eigenvalue weighted by molar-refractivity contribution is 6.32. The highest BCUT2D eigenvalue weighted by Crippen LogP contribution is 2.16. The van der Waals surface area contributed by atoms with E-state index in [-0.39, 0.29) is 0 Å². The van der Waals surface area contributed by atoms with E-state index in [9.17, 15) is 0 Å². The second-order valence-corrected chi connectivity index (χ2v) is 3.14. The Labute approximate surface area is 91.3 Å². The minimum atomic E-state index is 0.433. The molecule has 1 N–H and O–H groups in total. The summed E-state index contributed by atoms with van der Waals surface area (Å²) in [6.07, 6.45) is 4.48. The second-order valence-electron chi connectivity index (χ2n) is 2.74. The zero-order valence-electron chi connectivity index (χ0n) is 8.05. The van der Waals surface area contributed by atoms with Gasteiger partial charge in [0.05, 0.1) is 6.20 Å². The zero-order valence-corrected chi connectivity index (χ0v) is 8.81. The van der Waals surface area contributed by atoms with E-state index in [1.54, 1.807) is 0 Å². The number of nitrogens with zero attached hydrogens (tertiary/aromatic N) is 5. The zero-order chi connectivity index (χ0) is 10.7. The van der Waals surface area contributed by atoms with E-state index in [1.165, 1.54) is 23.5 Å². The molecular weight excluding hydrogens is 216 g/mol. The van der Waals surface area contributed by atoms with Crippen LogP contribution in [0.4, 0.5) is 5.95 Å². The molecule has 2 aromatic rings. The van der Waals surface area contributed by atoms with Crippen molar-refractivity contribution in [3.8, 4) is 5.82 Å². The fraction of sp³-hybridized carbons (Fsp3) is 0.250. The van der Waals surface area contributed by atoms with Gasteiger partial charge in [-0.2, -0.15) is 10.1 Å². The molecule has 2 aromatic heterocycles. The molecule has 0 saturated heterocycles. The van der Waals surface area contributed by atoms with Crippen LogP contribution in [0.5, 0.6) is 0 Å². The van der Waals surface area contributed by atoms with Crippen LogP contribution in [0.1, 0.15) is 6.92 Å². The van der Waals surface area contributed by atoms with Crippen LogP contribution >= 0.6 is 11.6 Å². The van der Waals surface area contributed by atoms with Gasteiger partial charge in [0.1, 0.15) is 17.7 Å². The second kappa shape index (κ2) is 4.22. The lowest BCUT2D eigenvalue weighted by Gasteiger charge is -2.05. The van der Waals surface area contributed by atoms with E-state index < -0.39 is 0 Å². The number of anilines is 1. The third kappa shape index (κ3) is 2.04. The predicted molar refractivity (Wildman–Crippen MR) is 56.1 cm³/mol. The van der Waals surface area contributed by atoms with Gasteiger partial charge >= 0.3 is 0 Å². The summed E-state index contributed by atoms with van der Waals surface area (Å²) in [6, 6.07) is 0. The molecular formula is C8H9ClN6. The topological polar surface area (TPSA) is 68.5 Å². The normalized spacial score (nSPS) is 10.3. The summed E-state index contributed by atoms with van der Waals surface area (Å²) in [5.41, 5.74) is 0. The van der Waals surface area contributed by atoms with Crippen LogP contribution in [0.2, 0.25) is 5.02 Å². The van der Waals surface area contributed by atoms with Crippen molar-refractivity contribution < 1.29 is 0 Å². The van der Waals surface area contributed by atoms with Gasteiger partial charge < -0.3 is 5.32 Å². The van der Waals surface area contributed by atoms with Crippen LogP contribution in [0.15, 0.2) is 18.9 Å². The molecule has 0 fully saturated rings. The number of nitrogens with one attached hydrogen (secondary N) is 1. The molecule has 0 aliphatic rings. The van der Waals surface area contributed by atoms with E-state index in [4.69, 9.17) is 11.6 Å². The van der Waals surface area contributed by atoms with Crippen molar-refractivity contribution in [3.05, 3.63) is 23.9 Å². The van der Waals surface area contributed by atoms with Crippen molar-refractivity contribution in [1.82, 2.24) is 24.7 Å². The molecule has 0 radical (unpaired) electrons. The molecule has 2 rings (SSSR count). The van der Waals surface area contributed by atoms with Gasteiger partial charge in [0.15, 0.2) is 5.82 Å². The minimum absolute atomic E-state index is 0.433. The number of rotatable bonds is 3. The van der Waals surface area contributed by atoms with Gasteiger partial charge in [-0.05, 0) is 6.92 Å². The summed E-state index contributed by atoms with van der Waals surface area (Å²) in [5, 5.41) is 7.38. The molecule has 0 unspecified atom stereocenters. The van der Waals surface area contributed by atoms with Crippen LogP contribution in [0.25, 0.3) is 5.82 Å². The molecule has 0 bridgehead atoms. The van der Waals surface area contributed by atoms with Crippen LogP contribution in [0, 0.1) is 0 Å². The van der Waals surface area contributed by atoms with Crippen molar-refractivity contribution in [2.75, 3.05) is 11.9 Å². The van der Waals surface area contributed by atoms with Gasteiger partial charge in [-0.3, -0.25) is 0 Å². The van der Waals surface area contributed by atoms with E-state index in [0.29, 0.717) is 16.8 Å². The van der Waals surface area contributed by atoms with Crippen molar-refractivity contribution >= 4 is 17.5 Å². The average Bonchev–Trinajstić information content (AvgIpc) is 2.74. The molecule has 2 heterocycles. The maximum Gasteiger partial charge on any atom is 0.224 e. The molecule has 15 heavy (non-hydrogen) atoms. The SMILES string of the molecule is CCNc1ncc(Cl)c(-n2cncn2)n1. The maximum atomic E-state index is 5.95. The van der Waals surface area contributed by atoms with Gasteiger partial charge in [-0.15, -0.1) is 0 Å². The number of hydrogen-bond acceptors (Lipinski definition) is 5. The van der Waals surface area contributed by atoms with Crippen molar-refractivity contribution in [2.24, 2.45) is 0 Å². The Hall–Kier alpha value is -1.69. The first-order chi connectivity index (χ1) is 7.31. The predicted octanol–water partition coefficient (Wildman–Crippen LogP) is 1.14. The van der Waals surface area contributed by atoms with Crippen molar-refractivity contribution in [2.45, 2.75) is 6.92 Å². The van der Waals surface area contributed by atoms with Crippen molar-refractivity contribution in [3.63, 3.8) is 0 Å². The third-order valence-electron chi connectivity index (χ3n) is 1.70. The Morgan fingerprint density at radius 2 is 2.40 bits per heavy atom. The highest BCUT2D eigenvalue weighted by atomic mass is 35.5. The van der Waals surface area contributed by atoms with E-state index in [0.717, 1.165) is 6.54 Å². The van der Waals surface area contributed by atoms with Crippen LogP contribution < -0.4 is 5.32 Å². The molecule has 0 spiro atoms. The Bertz CT molecular complexity index is 440. The first-order valence-corrected chi connectivity index (χ1v) is 4.80. The van der Waals surface area contributed by atoms with E-state index >= 15 is 0 Å². The lowest BCUT2D eigenvalue weighted by atomic mass is 10.5. The van der Waals surface area contributed by atoms with Gasteiger partial charge in [0, 0.05) is 6.54 Å². The largest absolute Gasteiger partial charge is 0.354 e. The monoisotopic (exact) mass is 224 g/mol. The fourth-order valence-corrected chi connectivity index (χ4v) is 1.26. The number of aromatic nitrogens is 5. The van der Waals surface area contributed by atoms with Gasteiger partial charge in [-0.25, -0.2) is 14.6 Å². The van der Waals surface area contributed by atoms with E-state index in [2.05, 4.69) is 25.4 Å². The molecule has 0 aliphatic heterocycles. The molecule has 0 saturated carbocycles. The molecule has 7 heteroatoms. The molecule has 78 valence electrons. The molecule has 0 amide bonds. The van der Waals surface area contributed by atoms with Crippen LogP contribution in [-0.2, 0) is 0 Å². The summed E-state index contributed by atoms with van der Waals surface area (Å²) in [5.74, 6) is 1.03. The van der Waals surface area contributed by atoms with Crippen molar-refractivity contribution in [1.29, 1.82) is 0 Å². The summed E-state index contributed by atoms with van der Waals surface area (Å²) in [6.45, 7) is 2.71. The fourth-order valence-electron chi connectivity index (χ4n) is 1.08. The molecule has 0 aromatic carbocycles. The van der Waals surface area contributed by atoms with Gasteiger partial charge in [0.25, 0.3) is 0 Å². The molecule has 0 aliphatic carbocycles. The third-order valence-corrected chi connectivity index (χ3v) is 1.96. The van der Waals surface area contributed by atoms with Gasteiger partial charge in [0.2, 0.25) is 5.95 Å².